The average Bonchev–Trinajstić information content (AvgIpc) is 2.65. The summed E-state index contributed by atoms with van der Waals surface area (Å²) in [6.45, 7) is 0.724. The third-order valence-corrected chi connectivity index (χ3v) is 3.58. The number of benzene rings is 2. The van der Waals surface area contributed by atoms with Crippen molar-refractivity contribution in [2.45, 2.75) is 12.5 Å². The van der Waals surface area contributed by atoms with Gasteiger partial charge < -0.3 is 19.8 Å². The Balaban J connectivity index is 0.000000387. The summed E-state index contributed by atoms with van der Waals surface area (Å²) >= 11 is 0. The number of hydrogen-bond donors (Lipinski definition) is 2. The molecule has 0 radical (unpaired) electrons. The molecule has 0 saturated heterocycles. The highest BCUT2D eigenvalue weighted by Gasteiger charge is 2.13. The topological polar surface area (TPSA) is 87.1 Å². The Labute approximate surface area is 159 Å². The highest BCUT2D eigenvalue weighted by Crippen LogP contribution is 2.22. The first-order chi connectivity index (χ1) is 12.9. The van der Waals surface area contributed by atoms with E-state index < -0.39 is 11.9 Å². The second kappa shape index (κ2) is 12.3. The minimum atomic E-state index is -1.26. The Kier molecular flexibility index (Phi) is 9.96. The second-order valence-corrected chi connectivity index (χ2v) is 5.85. The van der Waals surface area contributed by atoms with E-state index in [-0.39, 0.29) is 0 Å². The standard InChI is InChI=1S/C17H21NO.C4H4O4/c1-18(2)17(15-9-5-3-6-10-15)13-14-19-16-11-7-4-8-12-16;5-3(6)1-2-4(7)8/h3-12,17H,13-14H2,1-2H3;1-2H,(H,5,6)(H,7,8)/b;2-1-. The average molecular weight is 371 g/mol. The van der Waals surface area contributed by atoms with Crippen LogP contribution in [0.2, 0.25) is 0 Å². The molecule has 0 heterocycles. The SMILES string of the molecule is CN(C)C(CCOc1ccccc1)c1ccccc1.O=C(O)/C=C\C(=O)O. The molecule has 0 fully saturated rings. The number of carboxylic acids is 2. The van der Waals surface area contributed by atoms with Crippen molar-refractivity contribution in [1.29, 1.82) is 0 Å². The van der Waals surface area contributed by atoms with Gasteiger partial charge in [0.15, 0.2) is 0 Å². The number of nitrogens with zero attached hydrogens (tertiary/aromatic N) is 1. The molecule has 6 nitrogen and oxygen atoms in total. The predicted octanol–water partition coefficient (Wildman–Crippen LogP) is 3.47. The Morgan fingerprint density at radius 2 is 1.41 bits per heavy atom. The Bertz CT molecular complexity index is 698. The molecule has 1 unspecified atom stereocenters. The molecule has 0 aliphatic heterocycles. The maximum absolute atomic E-state index is 9.55. The quantitative estimate of drug-likeness (QED) is 0.691. The van der Waals surface area contributed by atoms with Gasteiger partial charge in [0.1, 0.15) is 5.75 Å². The molecule has 0 amide bonds. The smallest absolute Gasteiger partial charge is 0.328 e. The van der Waals surface area contributed by atoms with Crippen LogP contribution >= 0.6 is 0 Å². The second-order valence-electron chi connectivity index (χ2n) is 5.85. The molecule has 0 aromatic heterocycles. The minimum absolute atomic E-state index is 0.393. The summed E-state index contributed by atoms with van der Waals surface area (Å²) in [6.07, 6.45) is 2.09. The van der Waals surface area contributed by atoms with Gasteiger partial charge in [0.05, 0.1) is 6.61 Å². The third kappa shape index (κ3) is 9.81. The number of para-hydroxylation sites is 1. The lowest BCUT2D eigenvalue weighted by Gasteiger charge is -2.24. The minimum Gasteiger partial charge on any atom is -0.494 e. The summed E-state index contributed by atoms with van der Waals surface area (Å²) in [5.41, 5.74) is 1.34. The van der Waals surface area contributed by atoms with Gasteiger partial charge in [-0.05, 0) is 31.8 Å². The van der Waals surface area contributed by atoms with E-state index in [1.165, 1.54) is 5.56 Å². The van der Waals surface area contributed by atoms with Crippen LogP contribution in [0, 0.1) is 0 Å². The van der Waals surface area contributed by atoms with Gasteiger partial charge in [0, 0.05) is 24.6 Å². The fraction of sp³-hybridized carbons (Fsp3) is 0.238. The van der Waals surface area contributed by atoms with Crippen LogP contribution in [0.1, 0.15) is 18.0 Å². The Morgan fingerprint density at radius 3 is 1.85 bits per heavy atom. The fourth-order valence-electron chi connectivity index (χ4n) is 2.35. The molecule has 6 heteroatoms. The molecule has 2 rings (SSSR count). The lowest BCUT2D eigenvalue weighted by molar-refractivity contribution is -0.134. The van der Waals surface area contributed by atoms with Crippen LogP contribution in [0.5, 0.6) is 5.75 Å². The van der Waals surface area contributed by atoms with Gasteiger partial charge >= 0.3 is 11.9 Å². The van der Waals surface area contributed by atoms with E-state index in [1.54, 1.807) is 0 Å². The molecular formula is C21H25NO5. The molecule has 0 aliphatic rings. The summed E-state index contributed by atoms with van der Waals surface area (Å²) in [5, 5.41) is 15.6. The molecular weight excluding hydrogens is 346 g/mol. The van der Waals surface area contributed by atoms with Crippen molar-refractivity contribution in [3.05, 3.63) is 78.4 Å². The van der Waals surface area contributed by atoms with Crippen LogP contribution in [0.25, 0.3) is 0 Å². The van der Waals surface area contributed by atoms with Gasteiger partial charge in [-0.1, -0.05) is 48.5 Å². The number of aliphatic carboxylic acids is 2. The van der Waals surface area contributed by atoms with E-state index in [1.807, 2.05) is 30.3 Å². The summed E-state index contributed by atoms with van der Waals surface area (Å²) < 4.78 is 5.78. The summed E-state index contributed by atoms with van der Waals surface area (Å²) in [6, 6.07) is 20.9. The van der Waals surface area contributed by atoms with E-state index in [9.17, 15) is 9.59 Å². The first kappa shape index (κ1) is 21.9. The van der Waals surface area contributed by atoms with Crippen molar-refractivity contribution in [2.75, 3.05) is 20.7 Å². The zero-order valence-corrected chi connectivity index (χ0v) is 15.5. The van der Waals surface area contributed by atoms with E-state index in [0.29, 0.717) is 18.2 Å². The van der Waals surface area contributed by atoms with Crippen LogP contribution in [0.3, 0.4) is 0 Å². The van der Waals surface area contributed by atoms with Gasteiger partial charge in [0.2, 0.25) is 0 Å². The first-order valence-electron chi connectivity index (χ1n) is 8.43. The van der Waals surface area contributed by atoms with Crippen molar-refractivity contribution in [3.8, 4) is 5.75 Å². The third-order valence-electron chi connectivity index (χ3n) is 3.58. The number of carbonyl (C=O) groups is 2. The van der Waals surface area contributed by atoms with Crippen molar-refractivity contribution in [2.24, 2.45) is 0 Å². The molecule has 0 spiro atoms. The summed E-state index contributed by atoms with van der Waals surface area (Å²) in [4.78, 5) is 21.3. The van der Waals surface area contributed by atoms with Gasteiger partial charge in [-0.25, -0.2) is 9.59 Å². The Morgan fingerprint density at radius 1 is 0.926 bits per heavy atom. The van der Waals surface area contributed by atoms with Crippen LogP contribution < -0.4 is 4.74 Å². The maximum Gasteiger partial charge on any atom is 0.328 e. The number of hydrogen-bond acceptors (Lipinski definition) is 4. The van der Waals surface area contributed by atoms with E-state index in [0.717, 1.165) is 18.8 Å². The van der Waals surface area contributed by atoms with Crippen LogP contribution in [0.4, 0.5) is 0 Å². The zero-order valence-electron chi connectivity index (χ0n) is 15.5. The lowest BCUT2D eigenvalue weighted by atomic mass is 10.0. The van der Waals surface area contributed by atoms with Crippen molar-refractivity contribution < 1.29 is 24.5 Å². The van der Waals surface area contributed by atoms with Crippen LogP contribution in [-0.2, 0) is 9.59 Å². The van der Waals surface area contributed by atoms with E-state index >= 15 is 0 Å². The molecule has 2 aromatic carbocycles. The van der Waals surface area contributed by atoms with Crippen molar-refractivity contribution >= 4 is 11.9 Å². The highest BCUT2D eigenvalue weighted by atomic mass is 16.5. The molecule has 2 aromatic rings. The van der Waals surface area contributed by atoms with E-state index in [2.05, 4.69) is 49.3 Å². The highest BCUT2D eigenvalue weighted by molar-refractivity contribution is 5.89. The van der Waals surface area contributed by atoms with Gasteiger partial charge in [-0.15, -0.1) is 0 Å². The van der Waals surface area contributed by atoms with Gasteiger partial charge in [0.25, 0.3) is 0 Å². The molecule has 0 saturated carbocycles. The van der Waals surface area contributed by atoms with Crippen molar-refractivity contribution in [1.82, 2.24) is 4.90 Å². The zero-order chi connectivity index (χ0) is 20.1. The van der Waals surface area contributed by atoms with Gasteiger partial charge in [-0.2, -0.15) is 0 Å². The molecule has 1 atom stereocenters. The summed E-state index contributed by atoms with van der Waals surface area (Å²) in [5.74, 6) is -1.58. The van der Waals surface area contributed by atoms with Gasteiger partial charge in [-0.3, -0.25) is 0 Å². The molecule has 144 valence electrons. The first-order valence-corrected chi connectivity index (χ1v) is 8.43. The number of carboxylic acid groups (broad SMARTS) is 2. The van der Waals surface area contributed by atoms with Crippen LogP contribution in [-0.4, -0.2) is 47.8 Å². The lowest BCUT2D eigenvalue weighted by Crippen LogP contribution is -2.22. The molecule has 27 heavy (non-hydrogen) atoms. The normalized spacial score (nSPS) is 11.5. The largest absolute Gasteiger partial charge is 0.494 e. The summed E-state index contributed by atoms with van der Waals surface area (Å²) in [7, 11) is 4.22. The van der Waals surface area contributed by atoms with Crippen LogP contribution in [0.15, 0.2) is 72.8 Å². The molecule has 0 bridgehead atoms. The molecule has 0 aliphatic carbocycles. The van der Waals surface area contributed by atoms with E-state index in [4.69, 9.17) is 14.9 Å². The number of ether oxygens (including phenoxy) is 1. The number of rotatable bonds is 8. The Hall–Kier alpha value is -3.12. The molecule has 2 N–H and O–H groups in total. The predicted molar refractivity (Wildman–Crippen MR) is 104 cm³/mol. The maximum atomic E-state index is 9.55. The monoisotopic (exact) mass is 371 g/mol. The fourth-order valence-corrected chi connectivity index (χ4v) is 2.35. The van der Waals surface area contributed by atoms with Crippen molar-refractivity contribution in [3.63, 3.8) is 0 Å².